The lowest BCUT2D eigenvalue weighted by Gasteiger charge is -2.39. The van der Waals surface area contributed by atoms with Crippen LogP contribution >= 0.6 is 0 Å². The fourth-order valence-electron chi connectivity index (χ4n) is 2.04. The molecule has 1 amide bonds. The second-order valence-electron chi connectivity index (χ2n) is 4.06. The van der Waals surface area contributed by atoms with Crippen molar-refractivity contribution in [1.82, 2.24) is 4.90 Å². The quantitative estimate of drug-likeness (QED) is 0.702. The Morgan fingerprint density at radius 3 is 2.50 bits per heavy atom. The summed E-state index contributed by atoms with van der Waals surface area (Å²) in [5.74, 6) is -3.46. The third-order valence-electron chi connectivity index (χ3n) is 2.88. The van der Waals surface area contributed by atoms with Gasteiger partial charge in [-0.25, -0.2) is 4.79 Å². The van der Waals surface area contributed by atoms with Crippen LogP contribution in [0.25, 0.3) is 0 Å². The van der Waals surface area contributed by atoms with E-state index < -0.39 is 42.8 Å². The van der Waals surface area contributed by atoms with Gasteiger partial charge in [0, 0.05) is 0 Å². The maximum atomic E-state index is 12.4. The van der Waals surface area contributed by atoms with Gasteiger partial charge in [-0.2, -0.15) is 13.2 Å². The number of alkyl halides is 3. The Kier molecular flexibility index (Phi) is 3.20. The van der Waals surface area contributed by atoms with E-state index in [4.69, 9.17) is 14.6 Å². The third kappa shape index (κ3) is 2.27. The van der Waals surface area contributed by atoms with E-state index in [1.165, 1.54) is 0 Å². The summed E-state index contributed by atoms with van der Waals surface area (Å²) < 4.78 is 47.2. The molecule has 0 aromatic carbocycles. The average Bonchev–Trinajstić information content (AvgIpc) is 2.73. The molecule has 2 fully saturated rings. The van der Waals surface area contributed by atoms with Crippen molar-refractivity contribution in [3.63, 3.8) is 0 Å². The van der Waals surface area contributed by atoms with Gasteiger partial charge in [0.1, 0.15) is 6.10 Å². The smallest absolute Gasteiger partial charge is 0.471 e. The minimum absolute atomic E-state index is 0.0178. The molecule has 1 N–H and O–H groups in total. The monoisotopic (exact) mass is 269 g/mol. The highest BCUT2D eigenvalue weighted by molar-refractivity contribution is 5.83. The molecule has 2 saturated heterocycles. The molecule has 9 heteroatoms. The van der Waals surface area contributed by atoms with Gasteiger partial charge in [-0.1, -0.05) is 0 Å². The number of nitrogens with zero attached hydrogens (tertiary/aromatic N) is 1. The lowest BCUT2D eigenvalue weighted by atomic mass is 10.1. The minimum Gasteiger partial charge on any atom is -0.479 e. The van der Waals surface area contributed by atoms with E-state index in [9.17, 15) is 22.8 Å². The second kappa shape index (κ2) is 4.39. The number of fused-ring (bicyclic) bond motifs is 1. The van der Waals surface area contributed by atoms with Gasteiger partial charge < -0.3 is 19.5 Å². The summed E-state index contributed by atoms with van der Waals surface area (Å²) in [6.45, 7) is -0.729. The van der Waals surface area contributed by atoms with Gasteiger partial charge in [0.2, 0.25) is 0 Å². The van der Waals surface area contributed by atoms with Gasteiger partial charge in [0.05, 0.1) is 25.8 Å². The summed E-state index contributed by atoms with van der Waals surface area (Å²) >= 11 is 0. The summed E-state index contributed by atoms with van der Waals surface area (Å²) in [5, 5.41) is 8.78. The van der Waals surface area contributed by atoms with Crippen molar-refractivity contribution < 1.29 is 37.3 Å². The van der Waals surface area contributed by atoms with E-state index in [0.29, 0.717) is 4.90 Å². The van der Waals surface area contributed by atoms with E-state index in [0.717, 1.165) is 0 Å². The SMILES string of the molecule is O=C(O)C1CN(C(=O)C(F)(F)F)C2COCC2O1. The van der Waals surface area contributed by atoms with Gasteiger partial charge in [-0.3, -0.25) is 4.79 Å². The van der Waals surface area contributed by atoms with Gasteiger partial charge in [0.25, 0.3) is 0 Å². The molecular weight excluding hydrogens is 259 g/mol. The number of hydrogen-bond acceptors (Lipinski definition) is 4. The lowest BCUT2D eigenvalue weighted by Crippen LogP contribution is -2.60. The normalized spacial score (nSPS) is 32.2. The van der Waals surface area contributed by atoms with Crippen molar-refractivity contribution in [1.29, 1.82) is 0 Å². The van der Waals surface area contributed by atoms with Crippen LogP contribution in [-0.4, -0.2) is 66.1 Å². The van der Waals surface area contributed by atoms with Crippen molar-refractivity contribution in [2.24, 2.45) is 0 Å². The number of halogens is 3. The topological polar surface area (TPSA) is 76.1 Å². The summed E-state index contributed by atoms with van der Waals surface area (Å²) in [7, 11) is 0. The predicted octanol–water partition coefficient (Wildman–Crippen LogP) is -0.372. The molecule has 18 heavy (non-hydrogen) atoms. The van der Waals surface area contributed by atoms with Crippen LogP contribution in [0, 0.1) is 0 Å². The zero-order chi connectivity index (χ0) is 13.5. The molecule has 2 heterocycles. The minimum atomic E-state index is -5.03. The van der Waals surface area contributed by atoms with Crippen LogP contribution in [0.5, 0.6) is 0 Å². The summed E-state index contributed by atoms with van der Waals surface area (Å²) in [5.41, 5.74) is 0. The van der Waals surface area contributed by atoms with Crippen molar-refractivity contribution in [3.05, 3.63) is 0 Å². The molecule has 0 aromatic heterocycles. The van der Waals surface area contributed by atoms with E-state index in [1.54, 1.807) is 0 Å². The van der Waals surface area contributed by atoms with E-state index in [1.807, 2.05) is 0 Å². The Morgan fingerprint density at radius 2 is 1.94 bits per heavy atom. The number of carbonyl (C=O) groups is 2. The third-order valence-corrected chi connectivity index (χ3v) is 2.88. The van der Waals surface area contributed by atoms with Gasteiger partial charge in [-0.05, 0) is 0 Å². The van der Waals surface area contributed by atoms with Crippen LogP contribution in [0.4, 0.5) is 13.2 Å². The Bertz CT molecular complexity index is 372. The maximum Gasteiger partial charge on any atom is 0.471 e. The maximum absolute atomic E-state index is 12.4. The van der Waals surface area contributed by atoms with Gasteiger partial charge in [-0.15, -0.1) is 0 Å². The molecule has 0 bridgehead atoms. The number of aliphatic carboxylic acids is 1. The van der Waals surface area contributed by atoms with E-state index >= 15 is 0 Å². The number of hydrogen-bond donors (Lipinski definition) is 1. The highest BCUT2D eigenvalue weighted by atomic mass is 19.4. The molecular formula is C9H10F3NO5. The van der Waals surface area contributed by atoms with Crippen molar-refractivity contribution in [2.45, 2.75) is 24.4 Å². The number of amides is 1. The van der Waals surface area contributed by atoms with Gasteiger partial charge in [0.15, 0.2) is 6.10 Å². The fourth-order valence-corrected chi connectivity index (χ4v) is 2.04. The Morgan fingerprint density at radius 1 is 1.28 bits per heavy atom. The highest BCUT2D eigenvalue weighted by Crippen LogP contribution is 2.28. The van der Waals surface area contributed by atoms with Crippen molar-refractivity contribution in [3.8, 4) is 0 Å². The number of carbonyl (C=O) groups excluding carboxylic acids is 1. The number of morpholine rings is 1. The fraction of sp³-hybridized carbons (Fsp3) is 0.778. The Balaban J connectivity index is 2.20. The molecule has 2 aliphatic heterocycles. The lowest BCUT2D eigenvalue weighted by molar-refractivity contribution is -0.201. The number of carboxylic acids is 1. The standard InChI is InChI=1S/C9H10F3NO5/c10-9(11,12)8(16)13-1-5(7(14)15)18-6-3-17-2-4(6)13/h4-6H,1-3H2,(H,14,15). The van der Waals surface area contributed by atoms with Crippen molar-refractivity contribution >= 4 is 11.9 Å². The first-order valence-electron chi connectivity index (χ1n) is 5.14. The molecule has 2 rings (SSSR count). The van der Waals surface area contributed by atoms with Crippen LogP contribution in [0.3, 0.4) is 0 Å². The number of carboxylic acid groups (broad SMARTS) is 1. The van der Waals surface area contributed by atoms with Gasteiger partial charge >= 0.3 is 18.1 Å². The molecule has 102 valence electrons. The molecule has 0 spiro atoms. The second-order valence-corrected chi connectivity index (χ2v) is 4.06. The van der Waals surface area contributed by atoms with Crippen LogP contribution < -0.4 is 0 Å². The summed E-state index contributed by atoms with van der Waals surface area (Å²) in [4.78, 5) is 22.5. The molecule has 3 atom stereocenters. The van der Waals surface area contributed by atoms with Crippen LogP contribution in [0.2, 0.25) is 0 Å². The molecule has 2 aliphatic rings. The first-order chi connectivity index (χ1) is 8.30. The van der Waals surface area contributed by atoms with Crippen LogP contribution in [0.1, 0.15) is 0 Å². The Hall–Kier alpha value is -1.35. The first kappa shape index (κ1) is 13.1. The average molecular weight is 269 g/mol. The van der Waals surface area contributed by atoms with Crippen LogP contribution in [0.15, 0.2) is 0 Å². The molecule has 6 nitrogen and oxygen atoms in total. The zero-order valence-corrected chi connectivity index (χ0v) is 9.01. The van der Waals surface area contributed by atoms with E-state index in [2.05, 4.69) is 0 Å². The Labute approximate surface area is 99.2 Å². The molecule has 3 unspecified atom stereocenters. The highest BCUT2D eigenvalue weighted by Gasteiger charge is 2.52. The number of rotatable bonds is 1. The van der Waals surface area contributed by atoms with E-state index in [-0.39, 0.29) is 13.2 Å². The number of ether oxygens (including phenoxy) is 2. The molecule has 0 saturated carbocycles. The molecule has 0 radical (unpaired) electrons. The van der Waals surface area contributed by atoms with Crippen LogP contribution in [-0.2, 0) is 19.1 Å². The predicted molar refractivity (Wildman–Crippen MR) is 48.7 cm³/mol. The summed E-state index contributed by atoms with van der Waals surface area (Å²) in [6.07, 6.45) is -7.32. The van der Waals surface area contributed by atoms with Crippen molar-refractivity contribution in [2.75, 3.05) is 19.8 Å². The zero-order valence-electron chi connectivity index (χ0n) is 9.01. The molecule has 0 aromatic rings. The first-order valence-corrected chi connectivity index (χ1v) is 5.14. The largest absolute Gasteiger partial charge is 0.479 e. The molecule has 0 aliphatic carbocycles. The summed E-state index contributed by atoms with van der Waals surface area (Å²) in [6, 6.07) is -0.880.